The van der Waals surface area contributed by atoms with Crippen LogP contribution in [0, 0.1) is 12.7 Å². The number of alkyl halides is 6. The van der Waals surface area contributed by atoms with E-state index in [-0.39, 0.29) is 49.3 Å². The monoisotopic (exact) mass is 839 g/mol. The molecule has 2 N–H and O–H groups in total. The van der Waals surface area contributed by atoms with Crippen molar-refractivity contribution in [2.24, 2.45) is 0 Å². The molecular weight excluding hydrogens is 792 g/mol. The van der Waals surface area contributed by atoms with Crippen molar-refractivity contribution < 1.29 is 59.4 Å². The van der Waals surface area contributed by atoms with Crippen molar-refractivity contribution in [3.05, 3.63) is 118 Å². The third-order valence-corrected chi connectivity index (χ3v) is 15.0. The van der Waals surface area contributed by atoms with Crippen LogP contribution in [0.4, 0.5) is 40.3 Å². The molecular formula is C41H48F7N3O6Si. The van der Waals surface area contributed by atoms with Gasteiger partial charge in [0.05, 0.1) is 22.7 Å². The third kappa shape index (κ3) is 11.5. The van der Waals surface area contributed by atoms with Crippen LogP contribution in [0.25, 0.3) is 0 Å². The van der Waals surface area contributed by atoms with Gasteiger partial charge in [-0.05, 0) is 103 Å². The Bertz CT molecular complexity index is 1970. The van der Waals surface area contributed by atoms with Crippen LogP contribution in [0.5, 0.6) is 0 Å². The van der Waals surface area contributed by atoms with E-state index in [1.807, 2.05) is 33.9 Å². The number of aryl methyl sites for hydroxylation is 1. The van der Waals surface area contributed by atoms with Gasteiger partial charge < -0.3 is 29.4 Å². The first-order valence-electron chi connectivity index (χ1n) is 18.4. The van der Waals surface area contributed by atoms with Gasteiger partial charge >= 0.3 is 30.4 Å². The Hall–Kier alpha value is -5.06. The molecule has 316 valence electrons. The second-order valence-electron chi connectivity index (χ2n) is 16.1. The van der Waals surface area contributed by atoms with E-state index >= 15 is 0 Å². The zero-order chi connectivity index (χ0) is 43.4. The third-order valence-electron chi connectivity index (χ3n) is 10.7. The molecule has 9 nitrogen and oxygen atoms in total. The fourth-order valence-electron chi connectivity index (χ4n) is 6.48. The van der Waals surface area contributed by atoms with Gasteiger partial charge in [0.15, 0.2) is 5.76 Å². The van der Waals surface area contributed by atoms with Crippen molar-refractivity contribution in [3.63, 3.8) is 0 Å². The Kier molecular flexibility index (Phi) is 13.7. The molecule has 2 atom stereocenters. The van der Waals surface area contributed by atoms with Gasteiger partial charge in [0.2, 0.25) is 0 Å². The number of likely N-dealkylation sites (tertiary alicyclic amines) is 1. The quantitative estimate of drug-likeness (QED) is 0.0862. The normalized spacial score (nSPS) is 18.1. The zero-order valence-corrected chi connectivity index (χ0v) is 34.3. The number of benzene rings is 3. The number of urea groups is 1. The van der Waals surface area contributed by atoms with Gasteiger partial charge in [0.25, 0.3) is 8.32 Å². The van der Waals surface area contributed by atoms with Crippen molar-refractivity contribution in [1.29, 1.82) is 0 Å². The van der Waals surface area contributed by atoms with Crippen molar-refractivity contribution in [3.8, 4) is 0 Å². The maximum Gasteiger partial charge on any atom is 0.416 e. The Morgan fingerprint density at radius 1 is 0.948 bits per heavy atom. The molecule has 58 heavy (non-hydrogen) atoms. The van der Waals surface area contributed by atoms with Crippen LogP contribution in [0.15, 0.2) is 78.6 Å². The number of alkyl carbamates (subject to hydrolysis) is 1. The van der Waals surface area contributed by atoms with Crippen LogP contribution in [0.3, 0.4) is 0 Å². The van der Waals surface area contributed by atoms with Crippen molar-refractivity contribution in [1.82, 2.24) is 15.1 Å². The number of halogens is 7. The molecule has 3 aromatic rings. The minimum Gasteiger partial charge on any atom is -0.539 e. The summed E-state index contributed by atoms with van der Waals surface area (Å²) in [5.74, 6) is -2.25. The van der Waals surface area contributed by atoms with E-state index in [9.17, 15) is 50.2 Å². The number of carboxylic acid groups (broad SMARTS) is 1. The molecule has 0 unspecified atom stereocenters. The maximum absolute atomic E-state index is 14.4. The molecule has 1 saturated heterocycles. The van der Waals surface area contributed by atoms with Gasteiger partial charge in [-0.15, -0.1) is 0 Å². The molecule has 0 aliphatic carbocycles. The molecule has 1 heterocycles. The Labute approximate surface area is 333 Å². The van der Waals surface area contributed by atoms with E-state index in [4.69, 9.17) is 9.16 Å². The van der Waals surface area contributed by atoms with Gasteiger partial charge in [-0.2, -0.15) is 26.3 Å². The highest BCUT2D eigenvalue weighted by Crippen LogP contribution is 2.43. The Morgan fingerprint density at radius 3 is 2.09 bits per heavy atom. The van der Waals surface area contributed by atoms with E-state index in [1.54, 1.807) is 37.3 Å². The summed E-state index contributed by atoms with van der Waals surface area (Å²) in [4.78, 5) is 42.6. The fraction of sp³-hybridized carbons (Fsp3) is 0.439. The molecule has 3 aromatic carbocycles. The lowest BCUT2D eigenvalue weighted by Gasteiger charge is -2.48. The van der Waals surface area contributed by atoms with E-state index in [0.717, 1.165) is 4.90 Å². The summed E-state index contributed by atoms with van der Waals surface area (Å²) in [6, 6.07) is 12.0. The molecule has 1 aliphatic rings. The second-order valence-corrected chi connectivity index (χ2v) is 20.8. The molecule has 4 rings (SSSR count). The van der Waals surface area contributed by atoms with Gasteiger partial charge in [-0.3, -0.25) is 0 Å². The number of piperidine rings is 1. The lowest BCUT2D eigenvalue weighted by molar-refractivity contribution is -0.143. The highest BCUT2D eigenvalue weighted by Gasteiger charge is 2.46. The number of carboxylic acids is 1. The smallest absolute Gasteiger partial charge is 0.416 e. The standard InChI is InChI=1S/C41H48F7N3O6Si/c1-26-19-31(42)13-14-32(26)33-23-39(49-36(54)56-25-27-11-9-8-10-12-27,16-15-34(35(52)53)57-58(6,7)38(2,3)4)17-18-51(33)37(55)50(5)24-28-20-29(40(43,44)45)22-30(21-28)41(46,47)48/h8-15,19-22,33H,16-18,23-25H2,1-7H3,(H,49,54)(H,52,53)/t33-,39+/m1/s1. The number of hydrogen-bond acceptors (Lipinski definition) is 5. The van der Waals surface area contributed by atoms with Gasteiger partial charge in [0.1, 0.15) is 12.4 Å². The number of hydrogen-bond donors (Lipinski definition) is 2. The average molecular weight is 840 g/mol. The lowest BCUT2D eigenvalue weighted by atomic mass is 9.77. The SMILES string of the molecule is Cc1cc(F)ccc1[C@H]1C[C@@](CC=C(O[Si](C)(C)C(C)(C)C)C(=O)O)(NC(=O)OCc2ccccc2)CCN1C(=O)N(C)Cc1cc(C(F)(F)F)cc(C(F)(F)F)c1. The van der Waals surface area contributed by atoms with Gasteiger partial charge in [-0.1, -0.05) is 57.2 Å². The summed E-state index contributed by atoms with van der Waals surface area (Å²) in [5.41, 5.74) is -3.26. The maximum atomic E-state index is 14.4. The minimum absolute atomic E-state index is 0.00228. The van der Waals surface area contributed by atoms with Crippen LogP contribution < -0.4 is 5.32 Å². The molecule has 1 aliphatic heterocycles. The first kappa shape index (κ1) is 45.6. The van der Waals surface area contributed by atoms with Gasteiger partial charge in [0, 0.05) is 20.1 Å². The minimum atomic E-state index is -5.10. The molecule has 0 radical (unpaired) electrons. The van der Waals surface area contributed by atoms with E-state index < -0.39 is 79.4 Å². The van der Waals surface area contributed by atoms with Crippen molar-refractivity contribution in [2.45, 2.75) is 102 Å². The van der Waals surface area contributed by atoms with Crippen LogP contribution in [0.2, 0.25) is 18.1 Å². The topological polar surface area (TPSA) is 108 Å². The predicted molar refractivity (Wildman–Crippen MR) is 204 cm³/mol. The Morgan fingerprint density at radius 2 is 1.55 bits per heavy atom. The predicted octanol–water partition coefficient (Wildman–Crippen LogP) is 10.6. The summed E-state index contributed by atoms with van der Waals surface area (Å²) in [5, 5.41) is 12.8. The number of aliphatic carboxylic acids is 1. The van der Waals surface area contributed by atoms with Crippen molar-refractivity contribution >= 4 is 26.4 Å². The highest BCUT2D eigenvalue weighted by atomic mass is 28.4. The molecule has 3 amide bonds. The molecule has 17 heteroatoms. The Balaban J connectivity index is 1.75. The largest absolute Gasteiger partial charge is 0.539 e. The number of carbonyl (C=O) groups excluding carboxylic acids is 2. The number of carbonyl (C=O) groups is 3. The van der Waals surface area contributed by atoms with E-state index in [2.05, 4.69) is 5.32 Å². The van der Waals surface area contributed by atoms with Crippen LogP contribution >= 0.6 is 0 Å². The number of rotatable bonds is 11. The fourth-order valence-corrected chi connectivity index (χ4v) is 7.50. The second kappa shape index (κ2) is 17.4. The number of amides is 3. The summed E-state index contributed by atoms with van der Waals surface area (Å²) in [6.07, 6.45) is -9.90. The van der Waals surface area contributed by atoms with Crippen LogP contribution in [-0.2, 0) is 39.5 Å². The summed E-state index contributed by atoms with van der Waals surface area (Å²) >= 11 is 0. The van der Waals surface area contributed by atoms with Gasteiger partial charge in [-0.25, -0.2) is 18.8 Å². The van der Waals surface area contributed by atoms with Crippen LogP contribution in [0.1, 0.15) is 79.5 Å². The number of nitrogens with one attached hydrogen (secondary N) is 1. The molecule has 0 saturated carbocycles. The van der Waals surface area contributed by atoms with Crippen molar-refractivity contribution in [2.75, 3.05) is 13.6 Å². The first-order chi connectivity index (χ1) is 26.7. The summed E-state index contributed by atoms with van der Waals surface area (Å²) < 4.78 is 108. The molecule has 1 fully saturated rings. The first-order valence-corrected chi connectivity index (χ1v) is 21.3. The number of nitrogens with zero attached hydrogens (tertiary/aromatic N) is 2. The summed E-state index contributed by atoms with van der Waals surface area (Å²) in [6.45, 7) is 10.3. The average Bonchev–Trinajstić information content (AvgIpc) is 3.11. The highest BCUT2D eigenvalue weighted by molar-refractivity contribution is 6.74. The number of ether oxygens (including phenoxy) is 1. The lowest BCUT2D eigenvalue weighted by Crippen LogP contribution is -2.58. The zero-order valence-electron chi connectivity index (χ0n) is 33.3. The molecule has 0 bridgehead atoms. The van der Waals surface area contributed by atoms with E-state index in [1.165, 1.54) is 36.2 Å². The molecule has 0 spiro atoms. The molecule has 0 aromatic heterocycles. The summed E-state index contributed by atoms with van der Waals surface area (Å²) in [7, 11) is -1.45. The van der Waals surface area contributed by atoms with E-state index in [0.29, 0.717) is 28.8 Å². The van der Waals surface area contributed by atoms with Crippen LogP contribution in [-0.4, -0.2) is 60.4 Å².